The first-order valence-corrected chi connectivity index (χ1v) is 8.24. The molecule has 3 nitrogen and oxygen atoms in total. The molecule has 2 aliphatic heterocycles. The molecule has 19 heavy (non-hydrogen) atoms. The lowest BCUT2D eigenvalue weighted by atomic mass is 9.73. The quantitative estimate of drug-likeness (QED) is 0.831. The van der Waals surface area contributed by atoms with E-state index < -0.39 is 0 Å². The molecule has 0 radical (unpaired) electrons. The lowest BCUT2D eigenvalue weighted by Crippen LogP contribution is -2.54. The van der Waals surface area contributed by atoms with Crippen LogP contribution in [0.1, 0.15) is 64.7 Å². The van der Waals surface area contributed by atoms with E-state index in [1.54, 1.807) is 0 Å². The molecule has 3 fully saturated rings. The second-order valence-corrected chi connectivity index (χ2v) is 7.00. The van der Waals surface area contributed by atoms with Crippen LogP contribution in [0, 0.1) is 5.41 Å². The van der Waals surface area contributed by atoms with Crippen molar-refractivity contribution in [1.82, 2.24) is 10.2 Å². The summed E-state index contributed by atoms with van der Waals surface area (Å²) in [6.07, 6.45) is 11.2. The molecule has 1 N–H and O–H groups in total. The molecule has 1 atom stereocenters. The Balaban J connectivity index is 1.68. The first kappa shape index (κ1) is 13.4. The number of rotatable bonds is 2. The first-order valence-electron chi connectivity index (χ1n) is 8.24. The van der Waals surface area contributed by atoms with Gasteiger partial charge in [0.25, 0.3) is 0 Å². The zero-order valence-electron chi connectivity index (χ0n) is 12.3. The fourth-order valence-electron chi connectivity index (χ4n) is 4.56. The van der Waals surface area contributed by atoms with Crippen LogP contribution in [0.2, 0.25) is 0 Å². The van der Waals surface area contributed by atoms with Crippen molar-refractivity contribution in [2.45, 2.75) is 70.3 Å². The van der Waals surface area contributed by atoms with Gasteiger partial charge in [-0.1, -0.05) is 26.2 Å². The minimum Gasteiger partial charge on any atom is -0.341 e. The van der Waals surface area contributed by atoms with Gasteiger partial charge in [0, 0.05) is 13.1 Å². The second kappa shape index (κ2) is 5.08. The van der Waals surface area contributed by atoms with E-state index in [-0.39, 0.29) is 5.54 Å². The third-order valence-corrected chi connectivity index (χ3v) is 5.90. The molecule has 3 rings (SSSR count). The smallest absolute Gasteiger partial charge is 0.242 e. The van der Waals surface area contributed by atoms with Gasteiger partial charge in [-0.2, -0.15) is 0 Å². The topological polar surface area (TPSA) is 32.3 Å². The summed E-state index contributed by atoms with van der Waals surface area (Å²) in [5.41, 5.74) is 0.266. The summed E-state index contributed by atoms with van der Waals surface area (Å²) in [6.45, 7) is 5.21. The SMILES string of the molecule is CCC1(C(=O)N2CCC3(CCCCC3)C2)CCCN1. The van der Waals surface area contributed by atoms with E-state index in [4.69, 9.17) is 0 Å². The molecule has 3 aliphatic rings. The van der Waals surface area contributed by atoms with Crippen LogP contribution in [0.15, 0.2) is 0 Å². The van der Waals surface area contributed by atoms with Crippen LogP contribution in [0.4, 0.5) is 0 Å². The highest BCUT2D eigenvalue weighted by atomic mass is 16.2. The van der Waals surface area contributed by atoms with Crippen LogP contribution in [-0.4, -0.2) is 36.0 Å². The fraction of sp³-hybridized carbons (Fsp3) is 0.938. The van der Waals surface area contributed by atoms with Gasteiger partial charge >= 0.3 is 0 Å². The van der Waals surface area contributed by atoms with Crippen molar-refractivity contribution in [2.75, 3.05) is 19.6 Å². The third-order valence-electron chi connectivity index (χ3n) is 5.90. The molecule has 108 valence electrons. The molecule has 0 aromatic heterocycles. The number of hydrogen-bond acceptors (Lipinski definition) is 2. The van der Waals surface area contributed by atoms with Crippen molar-refractivity contribution in [2.24, 2.45) is 5.41 Å². The van der Waals surface area contributed by atoms with Crippen LogP contribution in [0.25, 0.3) is 0 Å². The summed E-state index contributed by atoms with van der Waals surface area (Å²) < 4.78 is 0. The van der Waals surface area contributed by atoms with Gasteiger partial charge in [0.2, 0.25) is 5.91 Å². The molecule has 1 aliphatic carbocycles. The highest BCUT2D eigenvalue weighted by molar-refractivity contribution is 5.87. The highest BCUT2D eigenvalue weighted by Crippen LogP contribution is 2.44. The molecule has 3 heteroatoms. The number of nitrogens with zero attached hydrogens (tertiary/aromatic N) is 1. The zero-order valence-corrected chi connectivity index (χ0v) is 12.3. The van der Waals surface area contributed by atoms with E-state index in [9.17, 15) is 4.79 Å². The predicted molar refractivity (Wildman–Crippen MR) is 77.0 cm³/mol. The molecule has 0 aromatic carbocycles. The van der Waals surface area contributed by atoms with Gasteiger partial charge in [-0.15, -0.1) is 0 Å². The monoisotopic (exact) mass is 264 g/mol. The molecule has 2 saturated heterocycles. The van der Waals surface area contributed by atoms with E-state index in [1.165, 1.54) is 38.5 Å². The maximum atomic E-state index is 12.9. The molecular formula is C16H28N2O. The number of amides is 1. The Morgan fingerprint density at radius 2 is 1.89 bits per heavy atom. The van der Waals surface area contributed by atoms with Crippen molar-refractivity contribution in [3.63, 3.8) is 0 Å². The average Bonchev–Trinajstić information content (AvgIpc) is 3.07. The van der Waals surface area contributed by atoms with Crippen molar-refractivity contribution >= 4 is 5.91 Å². The zero-order chi connectivity index (χ0) is 13.3. The maximum absolute atomic E-state index is 12.9. The molecule has 1 amide bonds. The number of likely N-dealkylation sites (tertiary alicyclic amines) is 1. The van der Waals surface area contributed by atoms with Gasteiger partial charge in [0.05, 0.1) is 5.54 Å². The summed E-state index contributed by atoms with van der Waals surface area (Å²) in [7, 11) is 0. The van der Waals surface area contributed by atoms with E-state index >= 15 is 0 Å². The molecule has 0 aromatic rings. The molecule has 1 saturated carbocycles. The van der Waals surface area contributed by atoms with Gasteiger partial charge < -0.3 is 10.2 Å². The van der Waals surface area contributed by atoms with Crippen LogP contribution in [-0.2, 0) is 4.79 Å². The van der Waals surface area contributed by atoms with Crippen molar-refractivity contribution in [3.8, 4) is 0 Å². The standard InChI is InChI=1S/C16H28N2O/c1-2-16(9-6-11-17-16)14(19)18-12-10-15(13-18)7-4-3-5-8-15/h17H,2-13H2,1H3. The van der Waals surface area contributed by atoms with E-state index in [0.717, 1.165) is 38.9 Å². The summed E-state index contributed by atoms with van der Waals surface area (Å²) in [5, 5.41) is 3.50. The van der Waals surface area contributed by atoms with Crippen molar-refractivity contribution in [3.05, 3.63) is 0 Å². The first-order chi connectivity index (χ1) is 9.20. The molecule has 1 spiro atoms. The van der Waals surface area contributed by atoms with Gasteiger partial charge in [0.15, 0.2) is 0 Å². The number of nitrogens with one attached hydrogen (secondary N) is 1. The van der Waals surface area contributed by atoms with E-state index in [0.29, 0.717) is 11.3 Å². The minimum absolute atomic E-state index is 0.222. The van der Waals surface area contributed by atoms with Crippen molar-refractivity contribution < 1.29 is 4.79 Å². The molecule has 1 unspecified atom stereocenters. The highest BCUT2D eigenvalue weighted by Gasteiger charge is 2.47. The molecular weight excluding hydrogens is 236 g/mol. The average molecular weight is 264 g/mol. The largest absolute Gasteiger partial charge is 0.341 e. The normalized spacial score (nSPS) is 34.1. The van der Waals surface area contributed by atoms with Crippen LogP contribution in [0.5, 0.6) is 0 Å². The maximum Gasteiger partial charge on any atom is 0.242 e. The van der Waals surface area contributed by atoms with Gasteiger partial charge in [-0.3, -0.25) is 4.79 Å². The summed E-state index contributed by atoms with van der Waals surface area (Å²) in [6, 6.07) is 0. The third kappa shape index (κ3) is 2.31. The van der Waals surface area contributed by atoms with E-state index in [1.807, 2.05) is 0 Å². The summed E-state index contributed by atoms with van der Waals surface area (Å²) in [5.74, 6) is 0.398. The fourth-order valence-corrected chi connectivity index (χ4v) is 4.56. The predicted octanol–water partition coefficient (Wildman–Crippen LogP) is 2.70. The Kier molecular flexibility index (Phi) is 3.59. The minimum atomic E-state index is -0.222. The lowest BCUT2D eigenvalue weighted by Gasteiger charge is -2.35. The number of carbonyl (C=O) groups excluding carboxylic acids is 1. The number of hydrogen-bond donors (Lipinski definition) is 1. The number of carbonyl (C=O) groups is 1. The molecule has 0 bridgehead atoms. The Morgan fingerprint density at radius 3 is 2.53 bits per heavy atom. The Hall–Kier alpha value is -0.570. The summed E-state index contributed by atoms with van der Waals surface area (Å²) in [4.78, 5) is 15.1. The van der Waals surface area contributed by atoms with Gasteiger partial charge in [0.1, 0.15) is 0 Å². The summed E-state index contributed by atoms with van der Waals surface area (Å²) >= 11 is 0. The van der Waals surface area contributed by atoms with Gasteiger partial charge in [-0.05, 0) is 50.5 Å². The Bertz CT molecular complexity index is 341. The lowest BCUT2D eigenvalue weighted by molar-refractivity contribution is -0.137. The van der Waals surface area contributed by atoms with Gasteiger partial charge in [-0.25, -0.2) is 0 Å². The Morgan fingerprint density at radius 1 is 1.11 bits per heavy atom. The second-order valence-electron chi connectivity index (χ2n) is 7.00. The Labute approximate surface area is 117 Å². The van der Waals surface area contributed by atoms with Crippen LogP contribution < -0.4 is 5.32 Å². The van der Waals surface area contributed by atoms with Crippen LogP contribution in [0.3, 0.4) is 0 Å². The van der Waals surface area contributed by atoms with E-state index in [2.05, 4.69) is 17.1 Å². The van der Waals surface area contributed by atoms with Crippen LogP contribution >= 0.6 is 0 Å². The molecule has 2 heterocycles. The van der Waals surface area contributed by atoms with Crippen molar-refractivity contribution in [1.29, 1.82) is 0 Å².